The zero-order valence-corrected chi connectivity index (χ0v) is 48.2. The Balaban J connectivity index is 1.72. The number of carbonyl (C=O) groups excluding carboxylic acids is 9. The van der Waals surface area contributed by atoms with Crippen LogP contribution >= 0.6 is 12.6 Å². The molecular weight excluding hydrogens is 1120 g/mol. The van der Waals surface area contributed by atoms with E-state index in [1.807, 2.05) is 0 Å². The molecule has 0 spiro atoms. The van der Waals surface area contributed by atoms with E-state index in [9.17, 15) is 63.3 Å². The van der Waals surface area contributed by atoms with E-state index in [1.54, 1.807) is 44.2 Å². The van der Waals surface area contributed by atoms with Gasteiger partial charge >= 0.3 is 5.97 Å². The smallest absolute Gasteiger partial charge is 0.326 e. The number of amides is 9. The summed E-state index contributed by atoms with van der Waals surface area (Å²) in [4.78, 5) is 150. The van der Waals surface area contributed by atoms with Crippen LogP contribution in [0, 0.1) is 5.92 Å². The molecule has 1 aromatic rings. The number of nitrogens with zero attached hydrogens (tertiary/aromatic N) is 5. The zero-order valence-electron chi connectivity index (χ0n) is 47.3. The Bertz CT molecular complexity index is 2500. The van der Waals surface area contributed by atoms with E-state index in [4.69, 9.17) is 40.1 Å². The minimum absolute atomic E-state index is 0.0412. The van der Waals surface area contributed by atoms with Crippen LogP contribution < -0.4 is 77.4 Å². The average molecular weight is 1200 g/mol. The number of carboxylic acid groups (broad SMARTS) is 1. The molecule has 2 aliphatic heterocycles. The first-order valence-corrected chi connectivity index (χ1v) is 28.2. The zero-order chi connectivity index (χ0) is 62.6. The number of carbonyl (C=O) groups is 10. The van der Waals surface area contributed by atoms with Gasteiger partial charge in [0.05, 0.1) is 25.3 Å². The second-order valence-corrected chi connectivity index (χ2v) is 21.1. The van der Waals surface area contributed by atoms with Crippen molar-refractivity contribution < 1.29 is 63.3 Å². The molecule has 3 rings (SSSR count). The molecule has 1 aromatic carbocycles. The fourth-order valence-electron chi connectivity index (χ4n) is 9.21. The molecule has 0 radical (unpaired) electrons. The number of aliphatic hydroxyl groups is 2. The monoisotopic (exact) mass is 1200 g/mol. The van der Waals surface area contributed by atoms with Gasteiger partial charge in [-0.3, -0.25) is 58.1 Å². The fourth-order valence-corrected chi connectivity index (χ4v) is 9.46. The summed E-state index contributed by atoms with van der Waals surface area (Å²) in [5, 5.41) is 48.2. The van der Waals surface area contributed by atoms with Crippen molar-refractivity contribution in [2.24, 2.45) is 61.0 Å². The summed E-state index contributed by atoms with van der Waals surface area (Å²) in [5.74, 6) is -9.74. The topological polar surface area (TPSA) is 541 Å². The number of guanidine groups is 3. The lowest BCUT2D eigenvalue weighted by molar-refractivity contribution is -0.148. The van der Waals surface area contributed by atoms with Crippen molar-refractivity contribution in [2.45, 2.75) is 145 Å². The second-order valence-electron chi connectivity index (χ2n) is 20.7. The summed E-state index contributed by atoms with van der Waals surface area (Å²) in [6.45, 7) is 2.06. The van der Waals surface area contributed by atoms with Crippen molar-refractivity contribution in [3.63, 3.8) is 0 Å². The van der Waals surface area contributed by atoms with Gasteiger partial charge in [0.1, 0.15) is 48.3 Å². The third-order valence-corrected chi connectivity index (χ3v) is 13.8. The highest BCUT2D eigenvalue weighted by Gasteiger charge is 2.46. The predicted molar refractivity (Wildman–Crippen MR) is 311 cm³/mol. The van der Waals surface area contributed by atoms with Gasteiger partial charge in [-0.05, 0) is 69.3 Å². The summed E-state index contributed by atoms with van der Waals surface area (Å²) < 4.78 is 0. The van der Waals surface area contributed by atoms with Crippen molar-refractivity contribution in [2.75, 3.05) is 51.6 Å². The lowest BCUT2D eigenvalue weighted by atomic mass is 10.0. The van der Waals surface area contributed by atoms with Crippen LogP contribution in [0.15, 0.2) is 45.3 Å². The number of hydrogen-bond acceptors (Lipinski definition) is 17. The van der Waals surface area contributed by atoms with Crippen LogP contribution in [0.25, 0.3) is 0 Å². The molecule has 2 aliphatic rings. The molecule has 468 valence electrons. The summed E-state index contributed by atoms with van der Waals surface area (Å²) in [7, 11) is 0. The first-order valence-electron chi connectivity index (χ1n) is 27.5. The Hall–Kier alpha value is -8.04. The highest BCUT2D eigenvalue weighted by atomic mass is 32.1. The Morgan fingerprint density at radius 3 is 1.73 bits per heavy atom. The van der Waals surface area contributed by atoms with E-state index in [2.05, 4.69) is 64.8 Å². The number of thiol groups is 1. The van der Waals surface area contributed by atoms with Gasteiger partial charge in [-0.1, -0.05) is 44.2 Å². The van der Waals surface area contributed by atoms with Crippen molar-refractivity contribution in [1.82, 2.24) is 47.0 Å². The van der Waals surface area contributed by atoms with Crippen LogP contribution in [0.2, 0.25) is 0 Å². The van der Waals surface area contributed by atoms with Crippen molar-refractivity contribution in [3.05, 3.63) is 35.9 Å². The number of aliphatic carboxylic acids is 1. The van der Waals surface area contributed by atoms with Crippen molar-refractivity contribution in [3.8, 4) is 0 Å². The van der Waals surface area contributed by atoms with E-state index in [-0.39, 0.29) is 120 Å². The molecule has 0 aromatic heterocycles. The molecule has 0 unspecified atom stereocenters. The van der Waals surface area contributed by atoms with Gasteiger partial charge in [-0.25, -0.2) is 4.79 Å². The third kappa shape index (κ3) is 24.0. The van der Waals surface area contributed by atoms with Crippen molar-refractivity contribution in [1.29, 1.82) is 0 Å². The molecule has 2 saturated heterocycles. The maximum atomic E-state index is 14.3. The molecule has 2 fully saturated rings. The molecular formula is C51H85N19O13S. The number of aliphatic imine (C=N–C) groups is 3. The Morgan fingerprint density at radius 1 is 0.655 bits per heavy atom. The Labute approximate surface area is 491 Å². The van der Waals surface area contributed by atoms with Crippen LogP contribution in [-0.2, 0) is 54.4 Å². The molecule has 24 N–H and O–H groups in total. The Kier molecular flexibility index (Phi) is 30.0. The largest absolute Gasteiger partial charge is 0.480 e. The van der Waals surface area contributed by atoms with E-state index in [0.29, 0.717) is 18.4 Å². The van der Waals surface area contributed by atoms with Gasteiger partial charge in [0.2, 0.25) is 53.2 Å². The first kappa shape index (κ1) is 70.2. The summed E-state index contributed by atoms with van der Waals surface area (Å²) in [5.41, 5.74) is 39.0. The fraction of sp³-hybridized carbons (Fsp3) is 0.627. The van der Waals surface area contributed by atoms with Gasteiger partial charge in [0.25, 0.3) is 0 Å². The number of benzene rings is 1. The van der Waals surface area contributed by atoms with Crippen LogP contribution in [0.3, 0.4) is 0 Å². The van der Waals surface area contributed by atoms with E-state index < -0.39 is 133 Å². The first-order chi connectivity index (χ1) is 39.8. The number of nitrogens with two attached hydrogens (primary N) is 7. The maximum Gasteiger partial charge on any atom is 0.326 e. The van der Waals surface area contributed by atoms with Gasteiger partial charge < -0.3 is 102 Å². The minimum atomic E-state index is -1.71. The average Bonchev–Trinajstić information content (AvgIpc) is 2.84. The standard InChI is InChI=1S/C51H85N19O13S/c1-27(2)20-33(41(75)65-32(48(82)83)14-8-18-61-51(57)58)66-44(78)36(26-84)68-43(77)35(25-71)67-42(76)34(21-28-10-4-3-5-11-28)63-39(73)23-62-45(79)38-22-29(72)24-70(38)47(81)37-15-9-19-69(37)46(80)31(13-7-17-60-50(55)56)64-40(74)30(52)12-6-16-59-49(53)54/h3-5,10-11,27,29-38,71-72,84H,6-9,12-26,52H2,1-2H3,(H,62,79)(H,63,73)(H,64,74)(H,65,75)(H,66,78)(H,67,76)(H,68,77)(H,82,83)(H4,53,54,59)(H4,55,56,60)(H4,57,58,61)/t29-,30-,31+,32+,33+,34+,35+,36+,37+,38+/m1/s1. The van der Waals surface area contributed by atoms with Crippen LogP contribution in [0.1, 0.15) is 83.6 Å². The lowest BCUT2D eigenvalue weighted by Gasteiger charge is -2.33. The number of hydrogen-bond donors (Lipinski definition) is 18. The molecule has 32 nitrogen and oxygen atoms in total. The van der Waals surface area contributed by atoms with E-state index in [1.165, 1.54) is 4.90 Å². The van der Waals surface area contributed by atoms with Gasteiger partial charge in [-0.15, -0.1) is 0 Å². The maximum absolute atomic E-state index is 14.3. The summed E-state index contributed by atoms with van der Waals surface area (Å²) in [6, 6.07) is -3.46. The number of rotatable bonds is 35. The normalized spacial score (nSPS) is 18.0. The molecule has 33 heteroatoms. The van der Waals surface area contributed by atoms with Gasteiger partial charge in [-0.2, -0.15) is 12.6 Å². The quantitative estimate of drug-likeness (QED) is 0.0130. The number of aliphatic hydroxyl groups excluding tert-OH is 2. The summed E-state index contributed by atoms with van der Waals surface area (Å²) >= 11 is 4.19. The molecule has 2 heterocycles. The lowest BCUT2D eigenvalue weighted by Crippen LogP contribution is -2.60. The van der Waals surface area contributed by atoms with Crippen LogP contribution in [-0.4, -0.2) is 214 Å². The van der Waals surface area contributed by atoms with E-state index >= 15 is 0 Å². The second kappa shape index (κ2) is 35.8. The Morgan fingerprint density at radius 2 is 1.17 bits per heavy atom. The highest BCUT2D eigenvalue weighted by molar-refractivity contribution is 7.80. The molecule has 0 aliphatic carbocycles. The number of β-amino-alcohol motifs (C(OH)–C–C–N with tert-alkyl or cyclic N) is 1. The van der Waals surface area contributed by atoms with Crippen LogP contribution in [0.4, 0.5) is 0 Å². The molecule has 84 heavy (non-hydrogen) atoms. The van der Waals surface area contributed by atoms with Crippen molar-refractivity contribution >= 4 is 89.6 Å². The minimum Gasteiger partial charge on any atom is -0.480 e. The SMILES string of the molecule is CC(C)C[C@H](NC(=O)[C@H](CS)NC(=O)[C@H](CO)NC(=O)[C@H](Cc1ccccc1)NC(=O)CNC(=O)[C@@H]1C[C@@H](O)CN1C(=O)[C@@H]1CCCN1C(=O)[C@H](CCCN=C(N)N)NC(=O)[C@H](N)CCCN=C(N)N)C(=O)N[C@@H](CCCN=C(N)N)C(=O)O. The molecule has 0 bridgehead atoms. The number of likely N-dealkylation sites (tertiary alicyclic amines) is 2. The third-order valence-electron chi connectivity index (χ3n) is 13.4. The molecule has 10 atom stereocenters. The number of carboxylic acids is 1. The van der Waals surface area contributed by atoms with Crippen LogP contribution in [0.5, 0.6) is 0 Å². The summed E-state index contributed by atoms with van der Waals surface area (Å²) in [6.07, 6.45) is 0.105. The molecule has 0 saturated carbocycles. The van der Waals surface area contributed by atoms with Gasteiger partial charge in [0.15, 0.2) is 17.9 Å². The predicted octanol–water partition coefficient (Wildman–Crippen LogP) is -7.25. The molecule has 9 amide bonds. The highest BCUT2D eigenvalue weighted by Crippen LogP contribution is 2.27. The van der Waals surface area contributed by atoms with E-state index in [0.717, 1.165) is 4.90 Å². The van der Waals surface area contributed by atoms with Gasteiger partial charge in [0, 0.05) is 51.3 Å². The number of nitrogens with one attached hydrogen (secondary N) is 7.